The number of rotatable bonds is 6. The molecular weight excluding hydrogens is 328 g/mol. The van der Waals surface area contributed by atoms with Gasteiger partial charge in [-0.1, -0.05) is 30.5 Å². The van der Waals surface area contributed by atoms with Gasteiger partial charge >= 0.3 is 0 Å². The molecular formula is C21H32N2O3. The highest BCUT2D eigenvalue weighted by atomic mass is 16.5. The van der Waals surface area contributed by atoms with E-state index in [2.05, 4.69) is 17.9 Å². The van der Waals surface area contributed by atoms with Crippen molar-refractivity contribution in [1.82, 2.24) is 9.80 Å². The van der Waals surface area contributed by atoms with E-state index >= 15 is 0 Å². The largest absolute Gasteiger partial charge is 0.491 e. The van der Waals surface area contributed by atoms with Crippen molar-refractivity contribution in [1.29, 1.82) is 0 Å². The SMILES string of the molecule is Cc1ccc(OCC(O)CN2CCN(C(=O)C3CCCC3)CC2)c(C)c1. The second kappa shape index (κ2) is 8.87. The van der Waals surface area contributed by atoms with E-state index in [4.69, 9.17) is 4.74 Å². The fraction of sp³-hybridized carbons (Fsp3) is 0.667. The van der Waals surface area contributed by atoms with Gasteiger partial charge in [0.05, 0.1) is 0 Å². The van der Waals surface area contributed by atoms with E-state index in [1.54, 1.807) is 0 Å². The summed E-state index contributed by atoms with van der Waals surface area (Å²) in [5.74, 6) is 1.45. The maximum atomic E-state index is 12.5. The standard InChI is InChI=1S/C21H32N2O3/c1-16-7-8-20(17(2)13-16)26-15-19(24)14-22-9-11-23(12-10-22)21(25)18-5-3-4-6-18/h7-8,13,18-19,24H,3-6,9-12,14-15H2,1-2H3. The van der Waals surface area contributed by atoms with Crippen molar-refractivity contribution >= 4 is 5.91 Å². The molecule has 1 saturated heterocycles. The highest BCUT2D eigenvalue weighted by Gasteiger charge is 2.29. The van der Waals surface area contributed by atoms with Crippen molar-refractivity contribution in [3.8, 4) is 5.75 Å². The van der Waals surface area contributed by atoms with Gasteiger partial charge in [-0.25, -0.2) is 0 Å². The molecule has 1 amide bonds. The Balaban J connectivity index is 1.39. The number of hydrogen-bond acceptors (Lipinski definition) is 4. The minimum Gasteiger partial charge on any atom is -0.491 e. The molecule has 26 heavy (non-hydrogen) atoms. The minimum atomic E-state index is -0.521. The van der Waals surface area contributed by atoms with Crippen LogP contribution in [0.2, 0.25) is 0 Å². The Hall–Kier alpha value is -1.59. The molecule has 1 atom stereocenters. The number of carbonyl (C=O) groups is 1. The summed E-state index contributed by atoms with van der Waals surface area (Å²) in [5, 5.41) is 10.3. The Labute approximate surface area is 156 Å². The van der Waals surface area contributed by atoms with Gasteiger partial charge in [-0.2, -0.15) is 0 Å². The van der Waals surface area contributed by atoms with Crippen molar-refractivity contribution < 1.29 is 14.6 Å². The Kier molecular flexibility index (Phi) is 6.54. The minimum absolute atomic E-state index is 0.262. The number of ether oxygens (including phenoxy) is 1. The first-order valence-electron chi connectivity index (χ1n) is 9.92. The van der Waals surface area contributed by atoms with Gasteiger partial charge in [-0.3, -0.25) is 9.69 Å². The lowest BCUT2D eigenvalue weighted by molar-refractivity contribution is -0.137. The van der Waals surface area contributed by atoms with Gasteiger partial charge in [-0.05, 0) is 38.3 Å². The van der Waals surface area contributed by atoms with Crippen LogP contribution in [0.4, 0.5) is 0 Å². The van der Waals surface area contributed by atoms with Crippen LogP contribution in [-0.2, 0) is 4.79 Å². The molecule has 1 unspecified atom stereocenters. The number of piperazine rings is 1. The number of aliphatic hydroxyl groups excluding tert-OH is 1. The summed E-state index contributed by atoms with van der Waals surface area (Å²) in [5.41, 5.74) is 2.30. The number of β-amino-alcohol motifs (C(OH)–C–C–N with tert-alkyl or cyclic N) is 1. The number of aryl methyl sites for hydroxylation is 2. The first-order chi connectivity index (χ1) is 12.5. The van der Waals surface area contributed by atoms with Crippen LogP contribution in [0.3, 0.4) is 0 Å². The summed E-state index contributed by atoms with van der Waals surface area (Å²) in [4.78, 5) is 16.7. The van der Waals surface area contributed by atoms with E-state index in [0.29, 0.717) is 19.1 Å². The zero-order valence-electron chi connectivity index (χ0n) is 16.1. The normalized spacial score (nSPS) is 20.3. The fourth-order valence-corrected chi connectivity index (χ4v) is 4.08. The van der Waals surface area contributed by atoms with Crippen molar-refractivity contribution in [3.63, 3.8) is 0 Å². The molecule has 1 aliphatic carbocycles. The van der Waals surface area contributed by atoms with Crippen LogP contribution >= 0.6 is 0 Å². The second-order valence-electron chi connectivity index (χ2n) is 7.84. The van der Waals surface area contributed by atoms with E-state index in [1.165, 1.54) is 18.4 Å². The van der Waals surface area contributed by atoms with Gasteiger partial charge in [0.25, 0.3) is 0 Å². The molecule has 1 heterocycles. The van der Waals surface area contributed by atoms with Gasteiger partial charge in [0.2, 0.25) is 5.91 Å². The van der Waals surface area contributed by atoms with E-state index < -0.39 is 6.10 Å². The Morgan fingerprint density at radius 2 is 1.88 bits per heavy atom. The molecule has 5 nitrogen and oxygen atoms in total. The summed E-state index contributed by atoms with van der Waals surface area (Å²) in [6, 6.07) is 6.07. The first-order valence-corrected chi connectivity index (χ1v) is 9.92. The zero-order valence-corrected chi connectivity index (χ0v) is 16.1. The van der Waals surface area contributed by atoms with E-state index in [-0.39, 0.29) is 5.92 Å². The van der Waals surface area contributed by atoms with Gasteiger partial charge in [-0.15, -0.1) is 0 Å². The van der Waals surface area contributed by atoms with Gasteiger partial charge < -0.3 is 14.7 Å². The lowest BCUT2D eigenvalue weighted by Gasteiger charge is -2.36. The molecule has 1 saturated carbocycles. The van der Waals surface area contributed by atoms with Crippen LogP contribution in [0, 0.1) is 19.8 Å². The van der Waals surface area contributed by atoms with Crippen molar-refractivity contribution in [2.45, 2.75) is 45.6 Å². The lowest BCUT2D eigenvalue weighted by atomic mass is 10.1. The molecule has 0 spiro atoms. The average molecular weight is 360 g/mol. The predicted octanol–water partition coefficient (Wildman–Crippen LogP) is 2.38. The predicted molar refractivity (Wildman–Crippen MR) is 102 cm³/mol. The van der Waals surface area contributed by atoms with Crippen LogP contribution in [0.25, 0.3) is 0 Å². The van der Waals surface area contributed by atoms with E-state index in [9.17, 15) is 9.90 Å². The molecule has 0 aromatic heterocycles. The Morgan fingerprint density at radius 3 is 2.54 bits per heavy atom. The molecule has 1 aliphatic heterocycles. The molecule has 1 aromatic carbocycles. The summed E-state index contributed by atoms with van der Waals surface area (Å²) < 4.78 is 5.78. The third-order valence-electron chi connectivity index (χ3n) is 5.62. The van der Waals surface area contributed by atoms with Crippen LogP contribution in [0.15, 0.2) is 18.2 Å². The number of aliphatic hydroxyl groups is 1. The summed E-state index contributed by atoms with van der Waals surface area (Å²) in [6.07, 6.45) is 4.00. The molecule has 3 rings (SSSR count). The van der Waals surface area contributed by atoms with E-state index in [0.717, 1.165) is 50.3 Å². The average Bonchev–Trinajstić information content (AvgIpc) is 3.16. The van der Waals surface area contributed by atoms with E-state index in [1.807, 2.05) is 24.0 Å². The Bertz CT molecular complexity index is 605. The maximum absolute atomic E-state index is 12.5. The molecule has 144 valence electrons. The molecule has 1 aromatic rings. The van der Waals surface area contributed by atoms with Crippen LogP contribution in [-0.4, -0.2) is 66.2 Å². The zero-order chi connectivity index (χ0) is 18.5. The molecule has 1 N–H and O–H groups in total. The molecule has 2 fully saturated rings. The van der Waals surface area contributed by atoms with Crippen LogP contribution < -0.4 is 4.74 Å². The van der Waals surface area contributed by atoms with Crippen molar-refractivity contribution in [3.05, 3.63) is 29.3 Å². The number of hydrogen-bond donors (Lipinski definition) is 1. The number of amides is 1. The quantitative estimate of drug-likeness (QED) is 0.846. The molecule has 0 bridgehead atoms. The fourth-order valence-electron chi connectivity index (χ4n) is 4.08. The summed E-state index contributed by atoms with van der Waals surface area (Å²) in [7, 11) is 0. The topological polar surface area (TPSA) is 53.0 Å². The van der Waals surface area contributed by atoms with Crippen LogP contribution in [0.1, 0.15) is 36.8 Å². The number of carbonyl (C=O) groups excluding carboxylic acids is 1. The first kappa shape index (κ1) is 19.2. The molecule has 5 heteroatoms. The highest BCUT2D eigenvalue weighted by molar-refractivity contribution is 5.79. The maximum Gasteiger partial charge on any atom is 0.225 e. The van der Waals surface area contributed by atoms with Gasteiger partial charge in [0.15, 0.2) is 0 Å². The summed E-state index contributed by atoms with van der Waals surface area (Å²) >= 11 is 0. The Morgan fingerprint density at radius 1 is 1.19 bits per heavy atom. The highest BCUT2D eigenvalue weighted by Crippen LogP contribution is 2.27. The molecule has 0 radical (unpaired) electrons. The van der Waals surface area contributed by atoms with Crippen molar-refractivity contribution in [2.75, 3.05) is 39.3 Å². The van der Waals surface area contributed by atoms with Gasteiger partial charge in [0, 0.05) is 38.6 Å². The smallest absolute Gasteiger partial charge is 0.225 e. The van der Waals surface area contributed by atoms with Gasteiger partial charge in [0.1, 0.15) is 18.5 Å². The lowest BCUT2D eigenvalue weighted by Crippen LogP contribution is -2.52. The monoisotopic (exact) mass is 360 g/mol. The third-order valence-corrected chi connectivity index (χ3v) is 5.62. The second-order valence-corrected chi connectivity index (χ2v) is 7.84. The number of nitrogens with zero attached hydrogens (tertiary/aromatic N) is 2. The molecule has 2 aliphatic rings. The van der Waals surface area contributed by atoms with Crippen molar-refractivity contribution in [2.24, 2.45) is 5.92 Å². The van der Waals surface area contributed by atoms with Crippen LogP contribution in [0.5, 0.6) is 5.75 Å². The summed E-state index contributed by atoms with van der Waals surface area (Å²) in [6.45, 7) is 8.19. The number of benzene rings is 1. The third kappa shape index (κ3) is 4.98.